The Kier molecular flexibility index (Phi) is 5.89. The Morgan fingerprint density at radius 2 is 1.63 bits per heavy atom. The Bertz CT molecular complexity index is 323. The van der Waals surface area contributed by atoms with Crippen molar-refractivity contribution in [1.29, 1.82) is 0 Å². The minimum atomic E-state index is 0.0666. The molecule has 3 nitrogen and oxygen atoms in total. The highest BCUT2D eigenvalue weighted by Crippen LogP contribution is 2.27. The van der Waals surface area contributed by atoms with Gasteiger partial charge in [-0.2, -0.15) is 0 Å². The van der Waals surface area contributed by atoms with Crippen molar-refractivity contribution in [1.82, 2.24) is 10.6 Å². The van der Waals surface area contributed by atoms with Gasteiger partial charge in [-0.25, -0.2) is 0 Å². The van der Waals surface area contributed by atoms with Crippen LogP contribution in [0.3, 0.4) is 0 Å². The summed E-state index contributed by atoms with van der Waals surface area (Å²) in [4.78, 5) is 12.1. The molecule has 0 atom stereocenters. The van der Waals surface area contributed by atoms with Crippen molar-refractivity contribution in [3.05, 3.63) is 0 Å². The molecule has 0 saturated heterocycles. The maximum Gasteiger partial charge on any atom is 0.229 e. The molecule has 0 aromatic carbocycles. The lowest BCUT2D eigenvalue weighted by Crippen LogP contribution is -2.47. The second-order valence-corrected chi connectivity index (χ2v) is 6.77. The lowest BCUT2D eigenvalue weighted by Gasteiger charge is -2.26. The van der Waals surface area contributed by atoms with Gasteiger partial charge in [-0.1, -0.05) is 19.3 Å². The van der Waals surface area contributed by atoms with Crippen molar-refractivity contribution < 1.29 is 4.79 Å². The number of thiocarbonyl (C=S) groups is 1. The van der Waals surface area contributed by atoms with Crippen LogP contribution in [0.4, 0.5) is 0 Å². The van der Waals surface area contributed by atoms with Crippen LogP contribution in [0.15, 0.2) is 0 Å². The van der Waals surface area contributed by atoms with Gasteiger partial charge in [-0.3, -0.25) is 4.79 Å². The topological polar surface area (TPSA) is 41.1 Å². The number of alkyl halides is 1. The Balaban J connectivity index is 1.70. The lowest BCUT2D eigenvalue weighted by molar-refractivity contribution is -0.124. The summed E-state index contributed by atoms with van der Waals surface area (Å²) in [5, 5.41) is 6.87. The van der Waals surface area contributed by atoms with E-state index in [1.165, 1.54) is 19.3 Å². The Hall–Kier alpha value is -0.350. The van der Waals surface area contributed by atoms with E-state index in [4.69, 9.17) is 23.8 Å². The van der Waals surface area contributed by atoms with E-state index >= 15 is 0 Å². The van der Waals surface area contributed by atoms with Gasteiger partial charge in [0.2, 0.25) is 5.91 Å². The molecular weight excluding hydrogens is 280 g/mol. The fourth-order valence-corrected chi connectivity index (χ4v) is 3.52. The number of carbonyl (C=O) groups excluding carboxylic acids is 1. The molecule has 2 aliphatic rings. The molecule has 19 heavy (non-hydrogen) atoms. The smallest absolute Gasteiger partial charge is 0.229 e. The van der Waals surface area contributed by atoms with Crippen molar-refractivity contribution in [3.63, 3.8) is 0 Å². The molecule has 5 heteroatoms. The monoisotopic (exact) mass is 302 g/mol. The summed E-state index contributed by atoms with van der Waals surface area (Å²) in [6, 6.07) is 0.445. The first-order valence-electron chi connectivity index (χ1n) is 7.40. The molecule has 0 unspecified atom stereocenters. The molecule has 0 spiro atoms. The van der Waals surface area contributed by atoms with Crippen molar-refractivity contribution in [2.24, 2.45) is 5.92 Å². The summed E-state index contributed by atoms with van der Waals surface area (Å²) in [5.41, 5.74) is 0. The van der Waals surface area contributed by atoms with E-state index in [0.29, 0.717) is 11.2 Å². The van der Waals surface area contributed by atoms with Crippen LogP contribution in [0, 0.1) is 5.92 Å². The predicted molar refractivity (Wildman–Crippen MR) is 82.3 cm³/mol. The highest BCUT2D eigenvalue weighted by atomic mass is 35.5. The second-order valence-electron chi connectivity index (χ2n) is 5.75. The van der Waals surface area contributed by atoms with Gasteiger partial charge in [0, 0.05) is 17.3 Å². The average Bonchev–Trinajstić information content (AvgIpc) is 2.40. The molecule has 108 valence electrons. The zero-order valence-electron chi connectivity index (χ0n) is 11.3. The van der Waals surface area contributed by atoms with Crippen LogP contribution in [-0.4, -0.2) is 22.4 Å². The lowest BCUT2D eigenvalue weighted by atomic mass is 9.88. The van der Waals surface area contributed by atoms with E-state index in [-0.39, 0.29) is 17.2 Å². The number of halogens is 1. The first kappa shape index (κ1) is 15.0. The molecule has 0 aromatic heterocycles. The quantitative estimate of drug-likeness (QED) is 0.608. The minimum Gasteiger partial charge on any atom is -0.360 e. The van der Waals surface area contributed by atoms with Crippen LogP contribution in [0.25, 0.3) is 0 Å². The zero-order valence-corrected chi connectivity index (χ0v) is 12.9. The highest BCUT2D eigenvalue weighted by Gasteiger charge is 2.26. The summed E-state index contributed by atoms with van der Waals surface area (Å²) in [6.45, 7) is 0. The standard InChI is InChI=1S/C14H23ClN2OS/c15-11-8-6-10(7-9-11)13(18)17-14(19)16-12-4-2-1-3-5-12/h10-12H,1-9H2,(H2,16,17,18,19). The average molecular weight is 303 g/mol. The van der Waals surface area contributed by atoms with E-state index in [1.54, 1.807) is 0 Å². The largest absolute Gasteiger partial charge is 0.360 e. The Labute approximate surface area is 125 Å². The van der Waals surface area contributed by atoms with Gasteiger partial charge in [-0.15, -0.1) is 11.6 Å². The molecule has 1 amide bonds. The first-order valence-corrected chi connectivity index (χ1v) is 8.25. The van der Waals surface area contributed by atoms with Gasteiger partial charge in [0.05, 0.1) is 0 Å². The van der Waals surface area contributed by atoms with Crippen LogP contribution in [0.5, 0.6) is 0 Å². The number of hydrogen-bond donors (Lipinski definition) is 2. The number of carbonyl (C=O) groups is 1. The zero-order chi connectivity index (χ0) is 13.7. The predicted octanol–water partition coefficient (Wildman–Crippen LogP) is 3.11. The van der Waals surface area contributed by atoms with Crippen LogP contribution >= 0.6 is 23.8 Å². The fraction of sp³-hybridized carbons (Fsp3) is 0.857. The SMILES string of the molecule is O=C(NC(=S)NC1CCCCC1)C1CCC(Cl)CC1. The van der Waals surface area contributed by atoms with Crippen LogP contribution < -0.4 is 10.6 Å². The summed E-state index contributed by atoms with van der Waals surface area (Å²) in [7, 11) is 0. The number of nitrogens with one attached hydrogen (secondary N) is 2. The number of amides is 1. The van der Waals surface area contributed by atoms with Gasteiger partial charge in [0.25, 0.3) is 0 Å². The molecule has 2 rings (SSSR count). The maximum absolute atomic E-state index is 12.1. The molecule has 0 aliphatic heterocycles. The normalized spacial score (nSPS) is 28.7. The molecule has 2 aliphatic carbocycles. The Morgan fingerprint density at radius 1 is 1.00 bits per heavy atom. The maximum atomic E-state index is 12.1. The van der Waals surface area contributed by atoms with Crippen molar-refractivity contribution in [3.8, 4) is 0 Å². The molecule has 2 N–H and O–H groups in total. The third kappa shape index (κ3) is 4.92. The van der Waals surface area contributed by atoms with Gasteiger partial charge >= 0.3 is 0 Å². The third-order valence-corrected chi connectivity index (χ3v) is 4.86. The molecule has 0 radical (unpaired) electrons. The van der Waals surface area contributed by atoms with Gasteiger partial charge in [0.1, 0.15) is 0 Å². The summed E-state index contributed by atoms with van der Waals surface area (Å²) in [5.74, 6) is 0.151. The van der Waals surface area contributed by atoms with Crippen LogP contribution in [0.1, 0.15) is 57.8 Å². The van der Waals surface area contributed by atoms with E-state index in [1.807, 2.05) is 0 Å². The molecule has 2 saturated carbocycles. The fourth-order valence-electron chi connectivity index (χ4n) is 3.00. The van der Waals surface area contributed by atoms with E-state index in [9.17, 15) is 4.79 Å². The van der Waals surface area contributed by atoms with Gasteiger partial charge < -0.3 is 10.6 Å². The van der Waals surface area contributed by atoms with Crippen LogP contribution in [-0.2, 0) is 4.79 Å². The van der Waals surface area contributed by atoms with Crippen molar-refractivity contribution in [2.75, 3.05) is 0 Å². The molecule has 0 bridgehead atoms. The second kappa shape index (κ2) is 7.44. The first-order chi connectivity index (χ1) is 9.15. The minimum absolute atomic E-state index is 0.0666. The number of rotatable bonds is 2. The number of hydrogen-bond acceptors (Lipinski definition) is 2. The highest BCUT2D eigenvalue weighted by molar-refractivity contribution is 7.80. The molecular formula is C14H23ClN2OS. The van der Waals surface area contributed by atoms with E-state index < -0.39 is 0 Å². The summed E-state index contributed by atoms with van der Waals surface area (Å²) >= 11 is 11.3. The molecule has 0 heterocycles. The summed E-state index contributed by atoms with van der Waals surface area (Å²) in [6.07, 6.45) is 9.78. The van der Waals surface area contributed by atoms with Gasteiger partial charge in [0.15, 0.2) is 5.11 Å². The van der Waals surface area contributed by atoms with E-state index in [2.05, 4.69) is 10.6 Å². The van der Waals surface area contributed by atoms with Crippen LogP contribution in [0.2, 0.25) is 0 Å². The van der Waals surface area contributed by atoms with Gasteiger partial charge in [-0.05, 0) is 50.7 Å². The summed E-state index contributed by atoms with van der Waals surface area (Å²) < 4.78 is 0. The third-order valence-electron chi connectivity index (χ3n) is 4.20. The van der Waals surface area contributed by atoms with E-state index in [0.717, 1.165) is 38.5 Å². The van der Waals surface area contributed by atoms with Crippen molar-refractivity contribution >= 4 is 34.8 Å². The molecule has 0 aromatic rings. The Morgan fingerprint density at radius 3 is 2.26 bits per heavy atom. The van der Waals surface area contributed by atoms with Crippen molar-refractivity contribution in [2.45, 2.75) is 69.2 Å². The molecule has 2 fully saturated rings.